The topological polar surface area (TPSA) is 85.1 Å². The first-order valence-corrected chi connectivity index (χ1v) is 12.7. The number of benzene rings is 3. The summed E-state index contributed by atoms with van der Waals surface area (Å²) in [6.45, 7) is 2.23. The smallest absolute Gasteiger partial charge is 0.341 e. The SMILES string of the molecule is C=CCn1c(=O)n(CC(F)F)c2cc(NC(=O)c3cc(F)cc(C(F)(F)F)c3)c3c(c21)C(=O)NC3c1cc(F)ccc1Cl. The average molecular weight is 627 g/mol. The lowest BCUT2D eigenvalue weighted by Crippen LogP contribution is -2.26. The number of hydrogen-bond acceptors (Lipinski definition) is 3. The van der Waals surface area contributed by atoms with E-state index in [1.165, 1.54) is 12.1 Å². The van der Waals surface area contributed by atoms with Crippen molar-refractivity contribution in [3.63, 3.8) is 0 Å². The molecule has 1 aliphatic rings. The van der Waals surface area contributed by atoms with Crippen LogP contribution in [0, 0.1) is 11.6 Å². The number of nitrogens with zero attached hydrogens (tertiary/aromatic N) is 2. The number of carbonyl (C=O) groups excluding carboxylic acids is 2. The molecule has 0 aliphatic carbocycles. The first-order valence-electron chi connectivity index (χ1n) is 12.3. The third kappa shape index (κ3) is 5.38. The maximum absolute atomic E-state index is 14.3. The molecule has 3 aromatic carbocycles. The minimum atomic E-state index is -4.99. The lowest BCUT2D eigenvalue weighted by atomic mass is 9.95. The van der Waals surface area contributed by atoms with Crippen molar-refractivity contribution in [3.05, 3.63) is 110 Å². The fraction of sp³-hybridized carbons (Fsp3) is 0.179. The molecule has 0 radical (unpaired) electrons. The number of anilines is 1. The van der Waals surface area contributed by atoms with Crippen molar-refractivity contribution in [1.29, 1.82) is 0 Å². The second-order valence-electron chi connectivity index (χ2n) is 9.52. The Morgan fingerprint density at radius 1 is 1.07 bits per heavy atom. The molecule has 2 N–H and O–H groups in total. The van der Waals surface area contributed by atoms with E-state index in [9.17, 15) is 45.1 Å². The molecule has 1 aromatic heterocycles. The minimum Gasteiger partial charge on any atom is -0.341 e. The van der Waals surface area contributed by atoms with Gasteiger partial charge in [0.05, 0.1) is 34.7 Å². The van der Waals surface area contributed by atoms with Crippen molar-refractivity contribution in [1.82, 2.24) is 14.5 Å². The summed E-state index contributed by atoms with van der Waals surface area (Å²) in [6.07, 6.45) is -6.73. The second kappa shape index (κ2) is 10.9. The number of halogens is 8. The summed E-state index contributed by atoms with van der Waals surface area (Å²) in [4.78, 5) is 39.9. The summed E-state index contributed by atoms with van der Waals surface area (Å²) in [5, 5.41) is 4.88. The predicted molar refractivity (Wildman–Crippen MR) is 142 cm³/mol. The Labute approximate surface area is 242 Å². The molecule has 0 spiro atoms. The molecule has 0 fully saturated rings. The molecule has 0 bridgehead atoms. The van der Waals surface area contributed by atoms with Gasteiger partial charge in [-0.15, -0.1) is 6.58 Å². The molecule has 1 aliphatic heterocycles. The Balaban J connectivity index is 1.80. The van der Waals surface area contributed by atoms with Gasteiger partial charge >= 0.3 is 11.9 Å². The van der Waals surface area contributed by atoms with Crippen LogP contribution in [-0.2, 0) is 19.3 Å². The van der Waals surface area contributed by atoms with E-state index in [0.717, 1.165) is 22.8 Å². The molecule has 7 nitrogen and oxygen atoms in total. The molecule has 2 amide bonds. The number of alkyl halides is 5. The van der Waals surface area contributed by atoms with Crippen LogP contribution in [0.4, 0.5) is 36.4 Å². The Bertz CT molecular complexity index is 1880. The van der Waals surface area contributed by atoms with Crippen molar-refractivity contribution >= 4 is 40.1 Å². The van der Waals surface area contributed by atoms with Gasteiger partial charge in [0.1, 0.15) is 11.6 Å². The minimum absolute atomic E-state index is 0.0124. The standard InChI is InChI=1S/C28H18ClF7N4O3/c1-2-5-39-24-19(40(27(39)43)11-20(32)33)10-18(37-25(41)12-6-13(28(34,35)36)8-15(31)7-12)21-22(24)26(42)38-23(21)16-9-14(30)3-4-17(16)29/h2-4,6-10,20,23H,1,5,11H2,(H,37,41)(H,38,42). The van der Waals surface area contributed by atoms with Gasteiger partial charge < -0.3 is 10.6 Å². The Morgan fingerprint density at radius 3 is 2.44 bits per heavy atom. The van der Waals surface area contributed by atoms with Crippen molar-refractivity contribution in [3.8, 4) is 0 Å². The van der Waals surface area contributed by atoms with Crippen LogP contribution in [0.3, 0.4) is 0 Å². The van der Waals surface area contributed by atoms with Gasteiger partial charge in [-0.05, 0) is 42.5 Å². The zero-order valence-electron chi connectivity index (χ0n) is 21.5. The van der Waals surface area contributed by atoms with Gasteiger partial charge in [-0.3, -0.25) is 18.7 Å². The fourth-order valence-corrected chi connectivity index (χ4v) is 5.29. The van der Waals surface area contributed by atoms with Crippen molar-refractivity contribution in [2.24, 2.45) is 0 Å². The van der Waals surface area contributed by atoms with E-state index >= 15 is 0 Å². The maximum Gasteiger partial charge on any atom is 0.416 e. The molecule has 43 heavy (non-hydrogen) atoms. The van der Waals surface area contributed by atoms with Gasteiger partial charge in [-0.1, -0.05) is 17.7 Å². The summed E-state index contributed by atoms with van der Waals surface area (Å²) in [5.74, 6) is -4.23. The highest BCUT2D eigenvalue weighted by Crippen LogP contribution is 2.43. The molecular weight excluding hydrogens is 609 g/mol. The van der Waals surface area contributed by atoms with Gasteiger partial charge in [-0.25, -0.2) is 22.4 Å². The monoisotopic (exact) mass is 626 g/mol. The number of imidazole rings is 1. The summed E-state index contributed by atoms with van der Waals surface area (Å²) >= 11 is 6.30. The predicted octanol–water partition coefficient (Wildman–Crippen LogP) is 6.29. The number of hydrogen-bond donors (Lipinski definition) is 2. The number of rotatable bonds is 7. The third-order valence-corrected chi connectivity index (χ3v) is 7.11. The van der Waals surface area contributed by atoms with Crippen LogP contribution >= 0.6 is 11.6 Å². The van der Waals surface area contributed by atoms with Crippen LogP contribution in [0.25, 0.3) is 11.0 Å². The molecule has 1 unspecified atom stereocenters. The number of amides is 2. The lowest BCUT2D eigenvalue weighted by molar-refractivity contribution is -0.137. The second-order valence-corrected chi connectivity index (χ2v) is 9.92. The van der Waals surface area contributed by atoms with Gasteiger partial charge in [0.15, 0.2) is 0 Å². The number of carbonyl (C=O) groups is 2. The highest BCUT2D eigenvalue weighted by atomic mass is 35.5. The van der Waals surface area contributed by atoms with Crippen molar-refractivity contribution < 1.29 is 40.3 Å². The summed E-state index contributed by atoms with van der Waals surface area (Å²) < 4.78 is 97.0. The number of aromatic nitrogens is 2. The van der Waals surface area contributed by atoms with Gasteiger partial charge in [0.25, 0.3) is 18.2 Å². The Hall–Kier alpha value is -4.59. The Kier molecular flexibility index (Phi) is 7.59. The van der Waals surface area contributed by atoms with Gasteiger partial charge in [0.2, 0.25) is 0 Å². The summed E-state index contributed by atoms with van der Waals surface area (Å²) in [7, 11) is 0. The molecule has 0 saturated heterocycles. The molecule has 0 saturated carbocycles. The van der Waals surface area contributed by atoms with Crippen molar-refractivity contribution in [2.45, 2.75) is 31.7 Å². The third-order valence-electron chi connectivity index (χ3n) is 6.77. The highest BCUT2D eigenvalue weighted by molar-refractivity contribution is 6.31. The lowest BCUT2D eigenvalue weighted by Gasteiger charge is -2.19. The van der Waals surface area contributed by atoms with Crippen LogP contribution in [-0.4, -0.2) is 27.4 Å². The van der Waals surface area contributed by atoms with Gasteiger partial charge in [0, 0.05) is 33.9 Å². The average Bonchev–Trinajstić information content (AvgIpc) is 3.39. The van der Waals surface area contributed by atoms with E-state index in [-0.39, 0.29) is 51.0 Å². The number of fused-ring (bicyclic) bond motifs is 3. The fourth-order valence-electron chi connectivity index (χ4n) is 5.07. The van der Waals surface area contributed by atoms with E-state index in [0.29, 0.717) is 16.7 Å². The normalized spacial score (nSPS) is 14.7. The molecule has 4 aromatic rings. The van der Waals surface area contributed by atoms with Crippen LogP contribution < -0.4 is 16.3 Å². The molecule has 15 heteroatoms. The summed E-state index contributed by atoms with van der Waals surface area (Å²) in [5.41, 5.74) is -4.14. The van der Waals surface area contributed by atoms with E-state index in [2.05, 4.69) is 17.2 Å². The quantitative estimate of drug-likeness (QED) is 0.187. The number of allylic oxidation sites excluding steroid dienone is 1. The van der Waals surface area contributed by atoms with E-state index in [1.807, 2.05) is 0 Å². The van der Waals surface area contributed by atoms with E-state index in [4.69, 9.17) is 11.6 Å². The molecule has 224 valence electrons. The van der Waals surface area contributed by atoms with Gasteiger partial charge in [-0.2, -0.15) is 13.2 Å². The molecule has 1 atom stereocenters. The Morgan fingerprint density at radius 2 is 1.79 bits per heavy atom. The highest BCUT2D eigenvalue weighted by Gasteiger charge is 2.39. The van der Waals surface area contributed by atoms with E-state index < -0.39 is 65.5 Å². The first kappa shape index (κ1) is 29.9. The maximum atomic E-state index is 14.3. The molecule has 2 heterocycles. The molecular formula is C28H18ClF7N4O3. The van der Waals surface area contributed by atoms with Crippen LogP contribution in [0.15, 0.2) is 59.9 Å². The van der Waals surface area contributed by atoms with E-state index in [1.54, 1.807) is 0 Å². The zero-order valence-corrected chi connectivity index (χ0v) is 22.3. The van der Waals surface area contributed by atoms with Crippen LogP contribution in [0.2, 0.25) is 5.02 Å². The van der Waals surface area contributed by atoms with Crippen LogP contribution in [0.5, 0.6) is 0 Å². The van der Waals surface area contributed by atoms with Crippen LogP contribution in [0.1, 0.15) is 43.4 Å². The summed E-state index contributed by atoms with van der Waals surface area (Å²) in [6, 6.07) is 4.19. The zero-order chi connectivity index (χ0) is 31.4. The van der Waals surface area contributed by atoms with Crippen molar-refractivity contribution in [2.75, 3.05) is 5.32 Å². The number of nitrogens with one attached hydrogen (secondary N) is 2. The molecule has 5 rings (SSSR count). The first-order chi connectivity index (χ1) is 20.2. The largest absolute Gasteiger partial charge is 0.416 e.